The molecule has 0 amide bonds. The van der Waals surface area contributed by atoms with E-state index >= 15 is 0 Å². The molecule has 1 fully saturated rings. The van der Waals surface area contributed by atoms with Crippen LogP contribution in [0.25, 0.3) is 0 Å². The quantitative estimate of drug-likeness (QED) is 0.527. The lowest BCUT2D eigenvalue weighted by Gasteiger charge is -2.11. The van der Waals surface area contributed by atoms with E-state index in [4.69, 9.17) is 4.74 Å². The first kappa shape index (κ1) is 9.04. The highest BCUT2D eigenvalue weighted by Crippen LogP contribution is 2.32. The zero-order valence-electron chi connectivity index (χ0n) is 6.68. The zero-order chi connectivity index (χ0) is 8.27. The van der Waals surface area contributed by atoms with Crippen molar-refractivity contribution in [2.24, 2.45) is 5.92 Å². The van der Waals surface area contributed by atoms with Crippen molar-refractivity contribution >= 4 is 21.9 Å². The van der Waals surface area contributed by atoms with Crippen LogP contribution in [0.1, 0.15) is 26.2 Å². The predicted molar refractivity (Wildman–Crippen MR) is 46.7 cm³/mol. The number of ether oxygens (including phenoxy) is 1. The number of alkyl halides is 1. The highest BCUT2D eigenvalue weighted by Gasteiger charge is 2.31. The Morgan fingerprint density at radius 2 is 2.36 bits per heavy atom. The molecule has 11 heavy (non-hydrogen) atoms. The second-order valence-electron chi connectivity index (χ2n) is 2.81. The fourth-order valence-electron chi connectivity index (χ4n) is 1.43. The molecule has 0 N–H and O–H groups in total. The molecular weight excluding hydrogens is 208 g/mol. The summed E-state index contributed by atoms with van der Waals surface area (Å²) >= 11 is 3.47. The third-order valence-corrected chi connectivity index (χ3v) is 3.12. The number of halogens is 1. The van der Waals surface area contributed by atoms with E-state index in [1.54, 1.807) is 0 Å². The Bertz CT molecular complexity index is 147. The summed E-state index contributed by atoms with van der Waals surface area (Å²) in [5.41, 5.74) is 0. The van der Waals surface area contributed by atoms with Crippen molar-refractivity contribution in [2.45, 2.75) is 31.0 Å². The van der Waals surface area contributed by atoms with Gasteiger partial charge in [0.2, 0.25) is 0 Å². The average Bonchev–Trinajstić information content (AvgIpc) is 2.36. The fraction of sp³-hybridized carbons (Fsp3) is 0.875. The van der Waals surface area contributed by atoms with E-state index < -0.39 is 0 Å². The molecule has 0 saturated heterocycles. The summed E-state index contributed by atoms with van der Waals surface area (Å²) in [6.45, 7) is 2.34. The van der Waals surface area contributed by atoms with Gasteiger partial charge >= 0.3 is 5.97 Å². The Balaban J connectivity index is 2.39. The topological polar surface area (TPSA) is 26.3 Å². The Kier molecular flexibility index (Phi) is 3.37. The smallest absolute Gasteiger partial charge is 0.310 e. The van der Waals surface area contributed by atoms with Gasteiger partial charge in [-0.3, -0.25) is 4.79 Å². The minimum atomic E-state index is -0.0353. The number of carbonyl (C=O) groups excluding carboxylic acids is 1. The highest BCUT2D eigenvalue weighted by atomic mass is 79.9. The lowest BCUT2D eigenvalue weighted by Crippen LogP contribution is -2.21. The van der Waals surface area contributed by atoms with Crippen LogP contribution < -0.4 is 0 Å². The Morgan fingerprint density at radius 3 is 2.82 bits per heavy atom. The van der Waals surface area contributed by atoms with Gasteiger partial charge in [0.1, 0.15) is 0 Å². The molecule has 2 atom stereocenters. The number of carbonyl (C=O) groups is 1. The minimum Gasteiger partial charge on any atom is -0.466 e. The van der Waals surface area contributed by atoms with Gasteiger partial charge in [0, 0.05) is 4.83 Å². The average molecular weight is 221 g/mol. The maximum Gasteiger partial charge on any atom is 0.310 e. The van der Waals surface area contributed by atoms with Gasteiger partial charge in [-0.1, -0.05) is 22.4 Å². The zero-order valence-corrected chi connectivity index (χ0v) is 8.26. The van der Waals surface area contributed by atoms with Crippen molar-refractivity contribution < 1.29 is 9.53 Å². The molecule has 64 valence electrons. The van der Waals surface area contributed by atoms with E-state index in [0.29, 0.717) is 11.4 Å². The lowest BCUT2D eigenvalue weighted by molar-refractivity contribution is -0.147. The van der Waals surface area contributed by atoms with Crippen LogP contribution >= 0.6 is 15.9 Å². The molecule has 0 aliphatic heterocycles. The molecule has 1 rings (SSSR count). The lowest BCUT2D eigenvalue weighted by atomic mass is 10.1. The predicted octanol–water partition coefficient (Wildman–Crippen LogP) is 2.11. The summed E-state index contributed by atoms with van der Waals surface area (Å²) in [4.78, 5) is 11.6. The second kappa shape index (κ2) is 4.10. The summed E-state index contributed by atoms with van der Waals surface area (Å²) in [6.07, 6.45) is 3.22. The van der Waals surface area contributed by atoms with E-state index in [0.717, 1.165) is 19.3 Å². The summed E-state index contributed by atoms with van der Waals surface area (Å²) in [7, 11) is 0. The van der Waals surface area contributed by atoms with Crippen molar-refractivity contribution in [1.82, 2.24) is 0 Å². The van der Waals surface area contributed by atoms with Gasteiger partial charge in [-0.25, -0.2) is 0 Å². The van der Waals surface area contributed by atoms with E-state index in [1.165, 1.54) is 0 Å². The van der Waals surface area contributed by atoms with Crippen molar-refractivity contribution in [3.63, 3.8) is 0 Å². The van der Waals surface area contributed by atoms with Crippen molar-refractivity contribution in [3.05, 3.63) is 0 Å². The number of hydrogen-bond acceptors (Lipinski definition) is 2. The molecule has 0 bridgehead atoms. The Hall–Kier alpha value is -0.0500. The van der Waals surface area contributed by atoms with E-state index in [1.807, 2.05) is 6.92 Å². The molecule has 0 aromatic carbocycles. The van der Waals surface area contributed by atoms with Crippen molar-refractivity contribution in [1.29, 1.82) is 0 Å². The van der Waals surface area contributed by atoms with Crippen LogP contribution in [0, 0.1) is 5.92 Å². The van der Waals surface area contributed by atoms with Crippen molar-refractivity contribution in [3.8, 4) is 0 Å². The highest BCUT2D eigenvalue weighted by molar-refractivity contribution is 9.09. The van der Waals surface area contributed by atoms with E-state index in [2.05, 4.69) is 15.9 Å². The molecule has 2 nitrogen and oxygen atoms in total. The van der Waals surface area contributed by atoms with Crippen molar-refractivity contribution in [2.75, 3.05) is 6.61 Å². The SMILES string of the molecule is CCOC(=O)C1CCCC1Br. The third kappa shape index (κ3) is 2.19. The van der Waals surface area contributed by atoms with Crippen LogP contribution in [-0.2, 0) is 9.53 Å². The molecule has 1 aliphatic rings. The molecule has 0 radical (unpaired) electrons. The van der Waals surface area contributed by atoms with E-state index in [9.17, 15) is 4.79 Å². The van der Waals surface area contributed by atoms with Crippen LogP contribution in [0.3, 0.4) is 0 Å². The summed E-state index contributed by atoms with van der Waals surface area (Å²) in [6, 6.07) is 0. The second-order valence-corrected chi connectivity index (χ2v) is 3.98. The summed E-state index contributed by atoms with van der Waals surface area (Å²) in [5, 5.41) is 0. The monoisotopic (exact) mass is 220 g/mol. The molecule has 0 spiro atoms. The van der Waals surface area contributed by atoms with Crippen LogP contribution in [0.5, 0.6) is 0 Å². The molecule has 0 heterocycles. The first-order chi connectivity index (χ1) is 5.25. The Morgan fingerprint density at radius 1 is 1.64 bits per heavy atom. The normalized spacial score (nSPS) is 30.4. The molecule has 1 aliphatic carbocycles. The molecule has 0 aromatic heterocycles. The molecule has 3 heteroatoms. The summed E-state index contributed by atoms with van der Waals surface area (Å²) < 4.78 is 4.93. The summed E-state index contributed by atoms with van der Waals surface area (Å²) in [5.74, 6) is 0.0711. The fourth-order valence-corrected chi connectivity index (χ4v) is 2.23. The molecular formula is C8H13BrO2. The van der Waals surface area contributed by atoms with Gasteiger partial charge < -0.3 is 4.74 Å². The largest absolute Gasteiger partial charge is 0.466 e. The number of hydrogen-bond donors (Lipinski definition) is 0. The van der Waals surface area contributed by atoms with E-state index in [-0.39, 0.29) is 11.9 Å². The van der Waals surface area contributed by atoms with Gasteiger partial charge in [0.15, 0.2) is 0 Å². The number of rotatable bonds is 2. The van der Waals surface area contributed by atoms with Crippen LogP contribution in [0.15, 0.2) is 0 Å². The maximum atomic E-state index is 11.2. The maximum absolute atomic E-state index is 11.2. The van der Waals surface area contributed by atoms with Crippen LogP contribution in [0.2, 0.25) is 0 Å². The first-order valence-corrected chi connectivity index (χ1v) is 4.98. The van der Waals surface area contributed by atoms with Gasteiger partial charge in [-0.15, -0.1) is 0 Å². The van der Waals surface area contributed by atoms with Gasteiger partial charge in [-0.05, 0) is 19.8 Å². The number of esters is 1. The third-order valence-electron chi connectivity index (χ3n) is 2.02. The molecule has 0 aromatic rings. The molecule has 1 saturated carbocycles. The first-order valence-electron chi connectivity index (χ1n) is 4.06. The van der Waals surface area contributed by atoms with Gasteiger partial charge in [0.25, 0.3) is 0 Å². The van der Waals surface area contributed by atoms with Gasteiger partial charge in [0.05, 0.1) is 12.5 Å². The Labute approximate surface area is 75.4 Å². The van der Waals surface area contributed by atoms with Gasteiger partial charge in [-0.2, -0.15) is 0 Å². The van der Waals surface area contributed by atoms with Crippen LogP contribution in [0.4, 0.5) is 0 Å². The molecule has 2 unspecified atom stereocenters. The standard InChI is InChI=1S/C8H13BrO2/c1-2-11-8(10)6-4-3-5-7(6)9/h6-7H,2-5H2,1H3. The van der Waals surface area contributed by atoms with Crippen LogP contribution in [-0.4, -0.2) is 17.4 Å². The minimum absolute atomic E-state index is 0.0353.